The molecule has 0 saturated carbocycles. The Morgan fingerprint density at radius 1 is 0.882 bits per heavy atom. The third kappa shape index (κ3) is 4.77. The highest BCUT2D eigenvalue weighted by atomic mass is 19.1. The topological polar surface area (TPSA) is 59.3 Å². The Kier molecular flexibility index (Phi) is 6.49. The van der Waals surface area contributed by atoms with E-state index in [1.165, 1.54) is 17.8 Å². The molecule has 4 aromatic rings. The van der Waals surface area contributed by atoms with E-state index in [0.29, 0.717) is 6.54 Å². The zero-order valence-corrected chi connectivity index (χ0v) is 19.1. The van der Waals surface area contributed by atoms with Crippen LogP contribution in [0.2, 0.25) is 0 Å². The first kappa shape index (κ1) is 22.0. The molecule has 0 amide bonds. The van der Waals surface area contributed by atoms with E-state index < -0.39 is 0 Å². The molecule has 2 heterocycles. The van der Waals surface area contributed by atoms with Crippen LogP contribution in [0, 0.1) is 5.82 Å². The fourth-order valence-corrected chi connectivity index (χ4v) is 4.47. The molecule has 1 fully saturated rings. The monoisotopic (exact) mass is 458 g/mol. The minimum Gasteiger partial charge on any atom is -0.497 e. The van der Waals surface area contributed by atoms with Crippen LogP contribution in [0.15, 0.2) is 78.9 Å². The van der Waals surface area contributed by atoms with Crippen LogP contribution in [0.25, 0.3) is 0 Å². The van der Waals surface area contributed by atoms with Crippen LogP contribution in [-0.2, 0) is 6.54 Å². The van der Waals surface area contributed by atoms with Crippen molar-refractivity contribution in [1.29, 1.82) is 0 Å². The second-order valence-electron chi connectivity index (χ2n) is 8.36. The quantitative estimate of drug-likeness (QED) is 0.420. The van der Waals surface area contributed by atoms with Gasteiger partial charge in [-0.15, -0.1) is 5.10 Å². The van der Waals surface area contributed by atoms with Crippen LogP contribution in [0.3, 0.4) is 0 Å². The molecule has 34 heavy (non-hydrogen) atoms. The summed E-state index contributed by atoms with van der Waals surface area (Å²) in [5.41, 5.74) is 3.27. The Morgan fingerprint density at radius 2 is 1.59 bits per heavy atom. The van der Waals surface area contributed by atoms with Gasteiger partial charge in [0.25, 0.3) is 0 Å². The first-order chi connectivity index (χ1) is 16.7. The van der Waals surface area contributed by atoms with Crippen molar-refractivity contribution < 1.29 is 9.13 Å². The van der Waals surface area contributed by atoms with E-state index in [-0.39, 0.29) is 11.9 Å². The largest absolute Gasteiger partial charge is 0.497 e. The summed E-state index contributed by atoms with van der Waals surface area (Å²) in [5, 5.41) is 12.7. The first-order valence-electron chi connectivity index (χ1n) is 11.4. The first-order valence-corrected chi connectivity index (χ1v) is 11.4. The van der Waals surface area contributed by atoms with Crippen molar-refractivity contribution in [3.05, 3.63) is 102 Å². The van der Waals surface area contributed by atoms with Gasteiger partial charge in [0.15, 0.2) is 5.82 Å². The van der Waals surface area contributed by atoms with Crippen molar-refractivity contribution in [3.63, 3.8) is 0 Å². The van der Waals surface area contributed by atoms with Crippen molar-refractivity contribution in [2.24, 2.45) is 0 Å². The van der Waals surface area contributed by atoms with Gasteiger partial charge in [0.2, 0.25) is 0 Å². The van der Waals surface area contributed by atoms with Gasteiger partial charge in [-0.2, -0.15) is 0 Å². The molecule has 1 saturated heterocycles. The van der Waals surface area contributed by atoms with E-state index >= 15 is 0 Å². The van der Waals surface area contributed by atoms with E-state index in [1.807, 2.05) is 47.1 Å². The predicted molar refractivity (Wildman–Crippen MR) is 128 cm³/mol. The van der Waals surface area contributed by atoms with Gasteiger partial charge in [0, 0.05) is 31.9 Å². The van der Waals surface area contributed by atoms with Gasteiger partial charge in [0.1, 0.15) is 11.6 Å². The lowest BCUT2D eigenvalue weighted by Gasteiger charge is -2.39. The van der Waals surface area contributed by atoms with Gasteiger partial charge >= 0.3 is 0 Å². The minimum atomic E-state index is -0.255. The highest BCUT2D eigenvalue weighted by Crippen LogP contribution is 2.29. The van der Waals surface area contributed by atoms with E-state index in [1.54, 1.807) is 7.11 Å². The molecule has 1 aliphatic heterocycles. The van der Waals surface area contributed by atoms with Crippen molar-refractivity contribution in [2.75, 3.05) is 38.2 Å². The average molecular weight is 459 g/mol. The maximum atomic E-state index is 13.7. The number of ether oxygens (including phenoxy) is 1. The zero-order chi connectivity index (χ0) is 23.3. The Morgan fingerprint density at radius 3 is 2.26 bits per heavy atom. The second-order valence-corrected chi connectivity index (χ2v) is 8.36. The number of nitrogens with zero attached hydrogens (tertiary/aromatic N) is 6. The van der Waals surface area contributed by atoms with Gasteiger partial charge in [-0.3, -0.25) is 4.90 Å². The Hall–Kier alpha value is -3.78. The number of tetrazole rings is 1. The van der Waals surface area contributed by atoms with Crippen LogP contribution < -0.4 is 9.64 Å². The molecule has 3 aromatic carbocycles. The molecule has 8 heteroatoms. The summed E-state index contributed by atoms with van der Waals surface area (Å²) in [6.45, 7) is 4.00. The molecule has 0 N–H and O–H groups in total. The zero-order valence-electron chi connectivity index (χ0n) is 19.1. The molecule has 174 valence electrons. The number of methoxy groups -OCH3 is 1. The highest BCUT2D eigenvalue weighted by Gasteiger charge is 2.30. The molecular formula is C26H27FN6O. The summed E-state index contributed by atoms with van der Waals surface area (Å²) < 4.78 is 20.8. The summed E-state index contributed by atoms with van der Waals surface area (Å²) >= 11 is 0. The lowest BCUT2D eigenvalue weighted by atomic mass is 10.0. The average Bonchev–Trinajstić information content (AvgIpc) is 3.34. The molecular weight excluding hydrogens is 431 g/mol. The standard InChI is InChI=1S/C26H27FN6O/c1-34-24-13-7-20(8-14-24)19-33-26(28-29-30-33)25(21-9-11-22(27)12-10-21)32-17-15-31(16-18-32)23-5-3-2-4-6-23/h2-14,25H,15-19H2,1H3/t25-/m0/s1. The summed E-state index contributed by atoms with van der Waals surface area (Å²) in [7, 11) is 1.65. The van der Waals surface area contributed by atoms with Gasteiger partial charge in [-0.1, -0.05) is 42.5 Å². The fraction of sp³-hybridized carbons (Fsp3) is 0.269. The Bertz CT molecular complexity index is 1190. The number of piperazine rings is 1. The van der Waals surface area contributed by atoms with Crippen molar-refractivity contribution in [3.8, 4) is 5.75 Å². The number of benzene rings is 3. The molecule has 1 atom stereocenters. The van der Waals surface area contributed by atoms with Crippen molar-refractivity contribution in [2.45, 2.75) is 12.6 Å². The number of para-hydroxylation sites is 1. The lowest BCUT2D eigenvalue weighted by molar-refractivity contribution is 0.201. The summed E-state index contributed by atoms with van der Waals surface area (Å²) in [6.07, 6.45) is 0. The van der Waals surface area contributed by atoms with Gasteiger partial charge in [-0.05, 0) is 58.0 Å². The van der Waals surface area contributed by atoms with Gasteiger partial charge in [0.05, 0.1) is 19.7 Å². The second kappa shape index (κ2) is 10.0. The number of halogens is 1. The van der Waals surface area contributed by atoms with Crippen molar-refractivity contribution in [1.82, 2.24) is 25.1 Å². The van der Waals surface area contributed by atoms with Gasteiger partial charge < -0.3 is 9.64 Å². The van der Waals surface area contributed by atoms with Crippen LogP contribution in [0.4, 0.5) is 10.1 Å². The number of hydrogen-bond acceptors (Lipinski definition) is 6. The molecule has 0 spiro atoms. The summed E-state index contributed by atoms with van der Waals surface area (Å²) in [6, 6.07) is 24.8. The molecule has 0 unspecified atom stereocenters. The number of hydrogen-bond donors (Lipinski definition) is 0. The number of aromatic nitrogens is 4. The summed E-state index contributed by atoms with van der Waals surface area (Å²) in [5.74, 6) is 1.30. The molecule has 1 aromatic heterocycles. The molecule has 5 rings (SSSR count). The van der Waals surface area contributed by atoms with Crippen LogP contribution >= 0.6 is 0 Å². The maximum Gasteiger partial charge on any atom is 0.173 e. The third-order valence-electron chi connectivity index (χ3n) is 6.28. The van der Waals surface area contributed by atoms with Crippen LogP contribution in [0.1, 0.15) is 23.0 Å². The number of anilines is 1. The molecule has 7 nitrogen and oxygen atoms in total. The normalized spacial score (nSPS) is 15.3. The van der Waals surface area contributed by atoms with Crippen molar-refractivity contribution >= 4 is 5.69 Å². The van der Waals surface area contributed by atoms with Crippen LogP contribution in [0.5, 0.6) is 5.75 Å². The Labute approximate surface area is 198 Å². The Balaban J connectivity index is 1.41. The highest BCUT2D eigenvalue weighted by molar-refractivity contribution is 5.46. The summed E-state index contributed by atoms with van der Waals surface area (Å²) in [4.78, 5) is 4.77. The van der Waals surface area contributed by atoms with E-state index in [9.17, 15) is 4.39 Å². The molecule has 0 bridgehead atoms. The maximum absolute atomic E-state index is 13.7. The van der Waals surface area contributed by atoms with E-state index in [4.69, 9.17) is 4.74 Å². The fourth-order valence-electron chi connectivity index (χ4n) is 4.47. The third-order valence-corrected chi connectivity index (χ3v) is 6.28. The SMILES string of the molecule is COc1ccc(Cn2nnnc2[C@H](c2ccc(F)cc2)N2CCN(c3ccccc3)CC2)cc1. The van der Waals surface area contributed by atoms with Crippen LogP contribution in [-0.4, -0.2) is 58.4 Å². The lowest BCUT2D eigenvalue weighted by Crippen LogP contribution is -2.48. The van der Waals surface area contributed by atoms with E-state index in [0.717, 1.165) is 48.9 Å². The molecule has 1 aliphatic rings. The van der Waals surface area contributed by atoms with Gasteiger partial charge in [-0.25, -0.2) is 9.07 Å². The predicted octanol–water partition coefficient (Wildman–Crippen LogP) is 3.78. The molecule has 0 radical (unpaired) electrons. The van der Waals surface area contributed by atoms with E-state index in [2.05, 4.69) is 49.6 Å². The number of rotatable bonds is 7. The molecule has 0 aliphatic carbocycles. The minimum absolute atomic E-state index is 0.174. The smallest absolute Gasteiger partial charge is 0.173 e.